The summed E-state index contributed by atoms with van der Waals surface area (Å²) in [6, 6.07) is 0. The third kappa shape index (κ3) is 9.75. The van der Waals surface area contributed by atoms with Gasteiger partial charge in [-0.25, -0.2) is 0 Å². The van der Waals surface area contributed by atoms with Crippen molar-refractivity contribution in [2.45, 2.75) is 78.6 Å². The molecule has 0 saturated heterocycles. The maximum Gasteiger partial charge on any atom is 1.00 e. The molecule has 22 heavy (non-hydrogen) atoms. The summed E-state index contributed by atoms with van der Waals surface area (Å²) in [7, 11) is -4.79. The normalized spacial score (nSPS) is 13.5. The van der Waals surface area contributed by atoms with Crippen LogP contribution >= 0.6 is 0 Å². The predicted molar refractivity (Wildman–Crippen MR) is 109 cm³/mol. The molecule has 0 spiro atoms. The number of rotatable bonds is 6. The van der Waals surface area contributed by atoms with Crippen LogP contribution < -0.4 is 37.7 Å². The molecule has 0 N–H and O–H groups in total. The second-order valence-electron chi connectivity index (χ2n) is 10.2. The SMILES string of the molecule is C[Si](C)(C)[C-](/C=C/[C-]([Si](C)(C)C)[Si](C)(C)C)[Si](C)(C)C.[Li+].[Li+]. The molecule has 0 aliphatic heterocycles. The van der Waals surface area contributed by atoms with Crippen molar-refractivity contribution in [2.24, 2.45) is 0 Å². The average molecular weight is 357 g/mol. The molecule has 0 fully saturated rings. The van der Waals surface area contributed by atoms with Crippen LogP contribution in [0.15, 0.2) is 12.2 Å². The van der Waals surface area contributed by atoms with Crippen LogP contribution in [0.1, 0.15) is 0 Å². The molecule has 6 heteroatoms. The molecule has 0 aromatic carbocycles. The van der Waals surface area contributed by atoms with E-state index in [4.69, 9.17) is 0 Å². The van der Waals surface area contributed by atoms with Crippen molar-refractivity contribution in [1.29, 1.82) is 0 Å². The zero-order chi connectivity index (χ0) is 16.6. The van der Waals surface area contributed by atoms with E-state index in [2.05, 4.69) is 90.7 Å². The minimum atomic E-state index is -1.20. The molecule has 120 valence electrons. The molecule has 0 amide bonds. The predicted octanol–water partition coefficient (Wildman–Crippen LogP) is 0.209. The van der Waals surface area contributed by atoms with Crippen LogP contribution in [-0.4, -0.2) is 32.3 Å². The molecule has 0 atom stereocenters. The van der Waals surface area contributed by atoms with E-state index in [1.165, 1.54) is 0 Å². The first-order valence-corrected chi connectivity index (χ1v) is 21.9. The van der Waals surface area contributed by atoms with E-state index in [9.17, 15) is 0 Å². The Morgan fingerprint density at radius 3 is 0.636 bits per heavy atom. The Morgan fingerprint density at radius 1 is 0.409 bits per heavy atom. The van der Waals surface area contributed by atoms with Gasteiger partial charge in [0.1, 0.15) is 0 Å². The summed E-state index contributed by atoms with van der Waals surface area (Å²) < 4.78 is 0. The smallest absolute Gasteiger partial charge is 0.379 e. The Kier molecular flexibility index (Phi) is 12.0. The molecule has 0 aromatic heterocycles. The Morgan fingerprint density at radius 2 is 0.545 bits per heavy atom. The maximum absolute atomic E-state index is 2.57. The molecular weight excluding hydrogens is 318 g/mol. The Balaban J connectivity index is -0.00000180. The minimum Gasteiger partial charge on any atom is -0.379 e. The van der Waals surface area contributed by atoms with Gasteiger partial charge in [-0.3, -0.25) is 0 Å². The molecule has 0 aliphatic carbocycles. The van der Waals surface area contributed by atoms with Gasteiger partial charge in [-0.15, -0.1) is 0 Å². The zero-order valence-electron chi connectivity index (χ0n) is 18.2. The van der Waals surface area contributed by atoms with Gasteiger partial charge in [0.2, 0.25) is 0 Å². The topological polar surface area (TPSA) is 0 Å². The minimum absolute atomic E-state index is 0. The molecule has 0 nitrogen and oxygen atoms in total. The molecular formula is C16H38Li2Si4. The van der Waals surface area contributed by atoms with Crippen molar-refractivity contribution in [1.82, 2.24) is 0 Å². The van der Waals surface area contributed by atoms with Gasteiger partial charge in [-0.05, 0) is 32.3 Å². The van der Waals surface area contributed by atoms with Gasteiger partial charge in [0.15, 0.2) is 0 Å². The average Bonchev–Trinajstić information content (AvgIpc) is 2.02. The van der Waals surface area contributed by atoms with E-state index in [0.717, 1.165) is 0 Å². The van der Waals surface area contributed by atoms with Crippen molar-refractivity contribution < 1.29 is 37.7 Å². The summed E-state index contributed by atoms with van der Waals surface area (Å²) in [5.41, 5.74) is 0. The monoisotopic (exact) mass is 356 g/mol. The van der Waals surface area contributed by atoms with E-state index in [-0.39, 0.29) is 37.7 Å². The second kappa shape index (κ2) is 9.30. The van der Waals surface area contributed by atoms with Crippen molar-refractivity contribution in [2.75, 3.05) is 0 Å². The number of hydrogen-bond donors (Lipinski definition) is 0. The van der Waals surface area contributed by atoms with Crippen LogP contribution in [0.2, 0.25) is 78.6 Å². The van der Waals surface area contributed by atoms with E-state index in [1.54, 1.807) is 0 Å². The van der Waals surface area contributed by atoms with E-state index >= 15 is 0 Å². The van der Waals surface area contributed by atoms with Gasteiger partial charge in [0.25, 0.3) is 0 Å². The Bertz CT molecular complexity index is 279. The fourth-order valence-electron chi connectivity index (χ4n) is 3.42. The summed E-state index contributed by atoms with van der Waals surface area (Å²) in [6.45, 7) is 30.1. The first-order chi connectivity index (χ1) is 8.47. The summed E-state index contributed by atoms with van der Waals surface area (Å²) in [4.78, 5) is 0. The summed E-state index contributed by atoms with van der Waals surface area (Å²) >= 11 is 0. The molecule has 0 unspecified atom stereocenters. The van der Waals surface area contributed by atoms with Crippen LogP contribution in [0.3, 0.4) is 0 Å². The van der Waals surface area contributed by atoms with Gasteiger partial charge in [0, 0.05) is 0 Å². The van der Waals surface area contributed by atoms with Gasteiger partial charge in [0.05, 0.1) is 0 Å². The second-order valence-corrected chi connectivity index (χ2v) is 31.3. The Labute approximate surface area is 170 Å². The standard InChI is InChI=1S/C16H38Si4.2Li/c1-17(2,3)15(18(4,5)6)13-14-16(19(7,8)9)20(10,11)12;;/h13-14H,1-12H3;;/q-2;2*+1/b14-13+;;. The first kappa shape index (κ1) is 28.3. The number of allylic oxidation sites excluding steroid dienone is 2. The van der Waals surface area contributed by atoms with Crippen molar-refractivity contribution in [3.63, 3.8) is 0 Å². The largest absolute Gasteiger partial charge is 1.00 e. The van der Waals surface area contributed by atoms with Gasteiger partial charge >= 0.3 is 37.7 Å². The van der Waals surface area contributed by atoms with Crippen LogP contribution in [0, 0.1) is 10.3 Å². The summed E-state index contributed by atoms with van der Waals surface area (Å²) in [5.74, 6) is 0. The van der Waals surface area contributed by atoms with Gasteiger partial charge < -0.3 is 22.5 Å². The molecule has 0 bridgehead atoms. The molecule has 0 heterocycles. The number of hydrogen-bond acceptors (Lipinski definition) is 0. The van der Waals surface area contributed by atoms with Crippen LogP contribution in [-0.2, 0) is 0 Å². The third-order valence-electron chi connectivity index (χ3n) is 3.65. The quantitative estimate of drug-likeness (QED) is 0.471. The summed E-state index contributed by atoms with van der Waals surface area (Å²) in [5, 5.41) is 3.66. The fourth-order valence-corrected chi connectivity index (χ4v) is 23.8. The van der Waals surface area contributed by atoms with E-state index in [0.29, 0.717) is 0 Å². The van der Waals surface area contributed by atoms with Gasteiger partial charge in [-0.1, -0.05) is 78.6 Å². The third-order valence-corrected chi connectivity index (χ3v) is 19.8. The Hall–Kier alpha value is 1.54. The van der Waals surface area contributed by atoms with Crippen LogP contribution in [0.4, 0.5) is 0 Å². The van der Waals surface area contributed by atoms with Crippen LogP contribution in [0.5, 0.6) is 0 Å². The molecule has 0 rings (SSSR count). The van der Waals surface area contributed by atoms with Crippen LogP contribution in [0.25, 0.3) is 0 Å². The zero-order valence-corrected chi connectivity index (χ0v) is 22.2. The molecule has 0 saturated carbocycles. The van der Waals surface area contributed by atoms with Crippen molar-refractivity contribution in [3.05, 3.63) is 22.5 Å². The van der Waals surface area contributed by atoms with Crippen molar-refractivity contribution in [3.8, 4) is 0 Å². The molecule has 0 aromatic rings. The summed E-state index contributed by atoms with van der Waals surface area (Å²) in [6.07, 6.45) is 5.15. The first-order valence-electron chi connectivity index (χ1n) is 7.91. The molecule has 0 aliphatic rings. The van der Waals surface area contributed by atoms with Crippen molar-refractivity contribution >= 4 is 32.3 Å². The van der Waals surface area contributed by atoms with E-state index < -0.39 is 32.3 Å². The van der Waals surface area contributed by atoms with E-state index in [1.807, 2.05) is 10.3 Å². The fraction of sp³-hybridized carbons (Fsp3) is 0.750. The van der Waals surface area contributed by atoms with Gasteiger partial charge in [-0.2, -0.15) is 0 Å². The molecule has 0 radical (unpaired) electrons. The maximum atomic E-state index is 2.57.